The minimum absolute atomic E-state index is 0.211. The molecule has 3 aromatic rings. The first-order valence-corrected chi connectivity index (χ1v) is 7.47. The van der Waals surface area contributed by atoms with Gasteiger partial charge in [-0.05, 0) is 22.9 Å². The smallest absolute Gasteiger partial charge is 0.318 e. The Morgan fingerprint density at radius 2 is 1.88 bits per heavy atom. The molecule has 0 bridgehead atoms. The number of anilines is 2. The molecular weight excluding hydrogens is 304 g/mol. The molecule has 122 valence electrons. The van der Waals surface area contributed by atoms with Crippen LogP contribution in [0.4, 0.5) is 11.5 Å². The van der Waals surface area contributed by atoms with Crippen LogP contribution in [0.15, 0.2) is 48.7 Å². The van der Waals surface area contributed by atoms with E-state index < -0.39 is 0 Å². The van der Waals surface area contributed by atoms with Crippen molar-refractivity contribution in [2.45, 2.75) is 0 Å². The van der Waals surface area contributed by atoms with Gasteiger partial charge in [0.25, 0.3) is 5.91 Å². The van der Waals surface area contributed by atoms with Crippen LogP contribution in [0.5, 0.6) is 6.01 Å². The van der Waals surface area contributed by atoms with Crippen LogP contribution < -0.4 is 15.0 Å². The minimum Gasteiger partial charge on any atom is -0.467 e. The zero-order valence-corrected chi connectivity index (χ0v) is 13.8. The number of hydrogen-bond acceptors (Lipinski definition) is 5. The van der Waals surface area contributed by atoms with Gasteiger partial charge < -0.3 is 15.0 Å². The van der Waals surface area contributed by atoms with Gasteiger partial charge in [0, 0.05) is 19.7 Å². The van der Waals surface area contributed by atoms with Crippen LogP contribution >= 0.6 is 0 Å². The third-order valence-corrected chi connectivity index (χ3v) is 3.61. The third kappa shape index (κ3) is 3.12. The lowest BCUT2D eigenvalue weighted by Gasteiger charge is -2.16. The van der Waals surface area contributed by atoms with E-state index in [9.17, 15) is 4.79 Å². The van der Waals surface area contributed by atoms with Gasteiger partial charge in [0.15, 0.2) is 5.82 Å². The van der Waals surface area contributed by atoms with Gasteiger partial charge in [0.1, 0.15) is 5.69 Å². The number of ether oxygens (including phenoxy) is 1. The topological polar surface area (TPSA) is 67.3 Å². The number of nitrogens with one attached hydrogen (secondary N) is 1. The van der Waals surface area contributed by atoms with Gasteiger partial charge in [-0.3, -0.25) is 4.79 Å². The Bertz CT molecular complexity index is 893. The Balaban J connectivity index is 1.90. The summed E-state index contributed by atoms with van der Waals surface area (Å²) in [5.74, 6) is 0.369. The maximum Gasteiger partial charge on any atom is 0.318 e. The second-order valence-corrected chi connectivity index (χ2v) is 5.50. The number of fused-ring (bicyclic) bond motifs is 1. The van der Waals surface area contributed by atoms with E-state index in [0.29, 0.717) is 17.1 Å². The number of methoxy groups -OCH3 is 1. The Morgan fingerprint density at radius 3 is 2.58 bits per heavy atom. The van der Waals surface area contributed by atoms with Crippen LogP contribution in [0.1, 0.15) is 10.4 Å². The van der Waals surface area contributed by atoms with Crippen molar-refractivity contribution in [3.63, 3.8) is 0 Å². The monoisotopic (exact) mass is 322 g/mol. The highest BCUT2D eigenvalue weighted by molar-refractivity contribution is 6.07. The molecule has 0 saturated carbocycles. The molecule has 1 N–H and O–H groups in total. The Labute approximate surface area is 140 Å². The molecule has 6 nitrogen and oxygen atoms in total. The van der Waals surface area contributed by atoms with Crippen molar-refractivity contribution >= 4 is 28.2 Å². The first-order valence-electron chi connectivity index (χ1n) is 7.47. The van der Waals surface area contributed by atoms with Crippen molar-refractivity contribution in [3.8, 4) is 6.01 Å². The summed E-state index contributed by atoms with van der Waals surface area (Å²) >= 11 is 0. The summed E-state index contributed by atoms with van der Waals surface area (Å²) in [6, 6.07) is 13.8. The molecule has 1 amide bonds. The largest absolute Gasteiger partial charge is 0.467 e. The van der Waals surface area contributed by atoms with Crippen LogP contribution in [0, 0.1) is 0 Å². The van der Waals surface area contributed by atoms with Gasteiger partial charge in [-0.1, -0.05) is 30.3 Å². The summed E-state index contributed by atoms with van der Waals surface area (Å²) in [6.45, 7) is 0. The second kappa shape index (κ2) is 6.54. The lowest BCUT2D eigenvalue weighted by molar-refractivity contribution is 0.102. The minimum atomic E-state index is -0.211. The normalized spacial score (nSPS) is 10.5. The highest BCUT2D eigenvalue weighted by Crippen LogP contribution is 2.24. The van der Waals surface area contributed by atoms with E-state index >= 15 is 0 Å². The summed E-state index contributed by atoms with van der Waals surface area (Å²) in [4.78, 5) is 22.7. The van der Waals surface area contributed by atoms with Gasteiger partial charge in [0.05, 0.1) is 13.3 Å². The molecule has 0 radical (unpaired) electrons. The first kappa shape index (κ1) is 15.7. The summed E-state index contributed by atoms with van der Waals surface area (Å²) in [7, 11) is 5.18. The van der Waals surface area contributed by atoms with Crippen molar-refractivity contribution in [1.29, 1.82) is 0 Å². The molecule has 2 aromatic carbocycles. The molecule has 0 saturated heterocycles. The number of amides is 1. The molecule has 3 rings (SSSR count). The van der Waals surface area contributed by atoms with Crippen molar-refractivity contribution in [1.82, 2.24) is 9.97 Å². The van der Waals surface area contributed by atoms with E-state index in [1.165, 1.54) is 7.11 Å². The predicted octanol–water partition coefficient (Wildman–Crippen LogP) is 2.96. The molecule has 0 aliphatic heterocycles. The molecule has 0 atom stereocenters. The molecule has 1 aromatic heterocycles. The molecule has 6 heteroatoms. The van der Waals surface area contributed by atoms with Crippen LogP contribution in [-0.4, -0.2) is 37.1 Å². The number of benzene rings is 2. The molecule has 0 unspecified atom stereocenters. The standard InChI is InChI=1S/C18H18N4O2/c1-22(2)16-15(11-19-18(21-16)24-3)20-17(23)14-9-8-12-6-4-5-7-13(12)10-14/h4-11H,1-3H3,(H,20,23). The number of hydrogen-bond donors (Lipinski definition) is 1. The SMILES string of the molecule is COc1ncc(NC(=O)c2ccc3ccccc3c2)c(N(C)C)n1. The molecule has 0 fully saturated rings. The van der Waals surface area contributed by atoms with E-state index in [4.69, 9.17) is 4.74 Å². The van der Waals surface area contributed by atoms with Crippen LogP contribution in [0.25, 0.3) is 10.8 Å². The van der Waals surface area contributed by atoms with Gasteiger partial charge in [0.2, 0.25) is 0 Å². The van der Waals surface area contributed by atoms with Crippen molar-refractivity contribution in [2.24, 2.45) is 0 Å². The fourth-order valence-corrected chi connectivity index (χ4v) is 2.41. The maximum atomic E-state index is 12.6. The lowest BCUT2D eigenvalue weighted by Crippen LogP contribution is -2.18. The molecular formula is C18H18N4O2. The van der Waals surface area contributed by atoms with Crippen LogP contribution in [0.2, 0.25) is 0 Å². The highest BCUT2D eigenvalue weighted by atomic mass is 16.5. The molecule has 0 spiro atoms. The summed E-state index contributed by atoms with van der Waals surface area (Å²) < 4.78 is 5.04. The van der Waals surface area contributed by atoms with Crippen molar-refractivity contribution in [2.75, 3.05) is 31.4 Å². The number of aromatic nitrogens is 2. The fraction of sp³-hybridized carbons (Fsp3) is 0.167. The Kier molecular flexibility index (Phi) is 4.29. The van der Waals surface area contributed by atoms with E-state index in [2.05, 4.69) is 15.3 Å². The number of nitrogens with zero attached hydrogens (tertiary/aromatic N) is 3. The zero-order valence-electron chi connectivity index (χ0n) is 13.8. The van der Waals surface area contributed by atoms with E-state index in [-0.39, 0.29) is 11.9 Å². The van der Waals surface area contributed by atoms with Crippen molar-refractivity contribution in [3.05, 3.63) is 54.2 Å². The number of carbonyl (C=O) groups excluding carboxylic acids is 1. The van der Waals surface area contributed by atoms with Gasteiger partial charge in [-0.15, -0.1) is 0 Å². The summed E-state index contributed by atoms with van der Waals surface area (Å²) in [5.41, 5.74) is 1.10. The molecule has 0 aliphatic carbocycles. The average molecular weight is 322 g/mol. The summed E-state index contributed by atoms with van der Waals surface area (Å²) in [6.07, 6.45) is 1.54. The first-order chi connectivity index (χ1) is 11.6. The van der Waals surface area contributed by atoms with Gasteiger partial charge >= 0.3 is 6.01 Å². The van der Waals surface area contributed by atoms with E-state index in [1.54, 1.807) is 17.2 Å². The predicted molar refractivity (Wildman–Crippen MR) is 94.8 cm³/mol. The lowest BCUT2D eigenvalue weighted by atomic mass is 10.1. The summed E-state index contributed by atoms with van der Waals surface area (Å²) in [5, 5.41) is 4.97. The van der Waals surface area contributed by atoms with Gasteiger partial charge in [-0.25, -0.2) is 4.98 Å². The third-order valence-electron chi connectivity index (χ3n) is 3.61. The van der Waals surface area contributed by atoms with Crippen molar-refractivity contribution < 1.29 is 9.53 Å². The fourth-order valence-electron chi connectivity index (χ4n) is 2.41. The maximum absolute atomic E-state index is 12.6. The average Bonchev–Trinajstić information content (AvgIpc) is 2.61. The number of carbonyl (C=O) groups is 1. The Hall–Kier alpha value is -3.15. The van der Waals surface area contributed by atoms with E-state index in [1.807, 2.05) is 50.5 Å². The van der Waals surface area contributed by atoms with Crippen LogP contribution in [-0.2, 0) is 0 Å². The highest BCUT2D eigenvalue weighted by Gasteiger charge is 2.14. The quantitative estimate of drug-likeness (QED) is 0.800. The van der Waals surface area contributed by atoms with Gasteiger partial charge in [-0.2, -0.15) is 4.98 Å². The Morgan fingerprint density at radius 1 is 1.12 bits per heavy atom. The molecule has 1 heterocycles. The second-order valence-electron chi connectivity index (χ2n) is 5.50. The molecule has 0 aliphatic rings. The van der Waals surface area contributed by atoms with Crippen LogP contribution in [0.3, 0.4) is 0 Å². The number of rotatable bonds is 4. The zero-order chi connectivity index (χ0) is 17.1. The molecule has 24 heavy (non-hydrogen) atoms. The van der Waals surface area contributed by atoms with E-state index in [0.717, 1.165) is 10.8 Å².